The van der Waals surface area contributed by atoms with E-state index in [1.54, 1.807) is 30.6 Å². The van der Waals surface area contributed by atoms with Gasteiger partial charge in [0.2, 0.25) is 0 Å². The zero-order valence-electron chi connectivity index (χ0n) is 11.6. The third kappa shape index (κ3) is 3.67. The van der Waals surface area contributed by atoms with Crippen LogP contribution in [-0.4, -0.2) is 15.9 Å². The van der Waals surface area contributed by atoms with Crippen molar-refractivity contribution >= 4 is 17.2 Å². The van der Waals surface area contributed by atoms with Crippen molar-refractivity contribution in [1.29, 1.82) is 0 Å². The highest BCUT2D eigenvalue weighted by molar-refractivity contribution is 7.11. The molecule has 1 amide bonds. The van der Waals surface area contributed by atoms with Crippen molar-refractivity contribution in [1.82, 2.24) is 15.3 Å². The lowest BCUT2D eigenvalue weighted by Crippen LogP contribution is -2.23. The third-order valence-corrected chi connectivity index (χ3v) is 3.54. The molecule has 3 aromatic rings. The van der Waals surface area contributed by atoms with Crippen molar-refractivity contribution < 1.29 is 9.53 Å². The van der Waals surface area contributed by atoms with Crippen LogP contribution in [0.5, 0.6) is 10.9 Å². The van der Waals surface area contributed by atoms with E-state index in [9.17, 15) is 4.79 Å². The third-order valence-electron chi connectivity index (χ3n) is 2.89. The SMILES string of the molecule is O=C(NCc1ccc(Oc2nccs2)cc1)c1ccccn1. The summed E-state index contributed by atoms with van der Waals surface area (Å²) in [5.41, 5.74) is 1.39. The number of rotatable bonds is 5. The van der Waals surface area contributed by atoms with E-state index in [2.05, 4.69) is 15.3 Å². The van der Waals surface area contributed by atoms with Gasteiger partial charge in [-0.05, 0) is 29.8 Å². The summed E-state index contributed by atoms with van der Waals surface area (Å²) in [5.74, 6) is 0.526. The van der Waals surface area contributed by atoms with Crippen molar-refractivity contribution in [2.75, 3.05) is 0 Å². The largest absolute Gasteiger partial charge is 0.431 e. The highest BCUT2D eigenvalue weighted by Gasteiger charge is 2.06. The zero-order valence-corrected chi connectivity index (χ0v) is 12.4. The first-order valence-corrected chi connectivity index (χ1v) is 7.55. The normalized spacial score (nSPS) is 10.2. The minimum Gasteiger partial charge on any atom is -0.431 e. The van der Waals surface area contributed by atoms with Crippen LogP contribution in [0.4, 0.5) is 0 Å². The van der Waals surface area contributed by atoms with E-state index in [4.69, 9.17) is 4.74 Å². The van der Waals surface area contributed by atoms with E-state index in [1.807, 2.05) is 29.6 Å². The molecule has 2 aromatic heterocycles. The average Bonchev–Trinajstić information content (AvgIpc) is 3.08. The molecule has 3 rings (SSSR count). The Morgan fingerprint density at radius 1 is 1.09 bits per heavy atom. The summed E-state index contributed by atoms with van der Waals surface area (Å²) in [5, 5.41) is 5.29. The molecule has 110 valence electrons. The molecule has 0 fully saturated rings. The van der Waals surface area contributed by atoms with Gasteiger partial charge in [0.25, 0.3) is 11.1 Å². The Hall–Kier alpha value is -2.73. The number of carbonyl (C=O) groups is 1. The summed E-state index contributed by atoms with van der Waals surface area (Å²) >= 11 is 1.44. The molecule has 0 aliphatic heterocycles. The molecule has 0 aliphatic rings. The molecule has 0 spiro atoms. The molecule has 0 saturated carbocycles. The fraction of sp³-hybridized carbons (Fsp3) is 0.0625. The van der Waals surface area contributed by atoms with Gasteiger partial charge in [0, 0.05) is 24.3 Å². The second kappa shape index (κ2) is 6.82. The van der Waals surface area contributed by atoms with Gasteiger partial charge in [0.05, 0.1) is 0 Å². The van der Waals surface area contributed by atoms with Crippen LogP contribution >= 0.6 is 11.3 Å². The van der Waals surface area contributed by atoms with Crippen molar-refractivity contribution in [3.05, 3.63) is 71.5 Å². The smallest absolute Gasteiger partial charge is 0.278 e. The van der Waals surface area contributed by atoms with E-state index in [-0.39, 0.29) is 5.91 Å². The highest BCUT2D eigenvalue weighted by atomic mass is 32.1. The maximum Gasteiger partial charge on any atom is 0.278 e. The van der Waals surface area contributed by atoms with Crippen molar-refractivity contribution in [2.45, 2.75) is 6.54 Å². The second-order valence-corrected chi connectivity index (χ2v) is 5.30. The van der Waals surface area contributed by atoms with E-state index < -0.39 is 0 Å². The number of hydrogen-bond acceptors (Lipinski definition) is 5. The van der Waals surface area contributed by atoms with Crippen LogP contribution in [0.2, 0.25) is 0 Å². The molecule has 0 saturated heterocycles. The van der Waals surface area contributed by atoms with Gasteiger partial charge in [-0.2, -0.15) is 0 Å². The number of ether oxygens (including phenoxy) is 1. The summed E-state index contributed by atoms with van der Waals surface area (Å²) in [6, 6.07) is 12.8. The molecule has 5 nitrogen and oxygen atoms in total. The number of hydrogen-bond donors (Lipinski definition) is 1. The Kier molecular flexibility index (Phi) is 4.41. The van der Waals surface area contributed by atoms with Crippen molar-refractivity contribution in [3.8, 4) is 10.9 Å². The van der Waals surface area contributed by atoms with Gasteiger partial charge in [-0.25, -0.2) is 4.98 Å². The van der Waals surface area contributed by atoms with Gasteiger partial charge in [-0.15, -0.1) is 0 Å². The molecule has 0 bridgehead atoms. The van der Waals surface area contributed by atoms with E-state index in [1.165, 1.54) is 11.3 Å². The van der Waals surface area contributed by atoms with Crippen molar-refractivity contribution in [2.24, 2.45) is 0 Å². The van der Waals surface area contributed by atoms with E-state index >= 15 is 0 Å². The van der Waals surface area contributed by atoms with Crippen LogP contribution in [0.15, 0.2) is 60.2 Å². The zero-order chi connectivity index (χ0) is 15.2. The summed E-state index contributed by atoms with van der Waals surface area (Å²) in [6.07, 6.45) is 3.29. The molecule has 1 aromatic carbocycles. The Morgan fingerprint density at radius 2 is 1.95 bits per heavy atom. The van der Waals surface area contributed by atoms with E-state index in [0.717, 1.165) is 11.3 Å². The Bertz CT molecular complexity index is 728. The molecular weight excluding hydrogens is 298 g/mol. The number of nitrogens with zero attached hydrogens (tertiary/aromatic N) is 2. The Labute approximate surface area is 131 Å². The van der Waals surface area contributed by atoms with Crippen LogP contribution < -0.4 is 10.1 Å². The molecule has 6 heteroatoms. The molecule has 0 atom stereocenters. The topological polar surface area (TPSA) is 64.1 Å². The quantitative estimate of drug-likeness (QED) is 0.785. The monoisotopic (exact) mass is 311 g/mol. The molecule has 2 heterocycles. The number of amides is 1. The van der Waals surface area contributed by atoms with Crippen LogP contribution in [0.1, 0.15) is 16.1 Å². The Balaban J connectivity index is 1.56. The number of benzene rings is 1. The van der Waals surface area contributed by atoms with Crippen molar-refractivity contribution in [3.63, 3.8) is 0 Å². The second-order valence-electron chi connectivity index (χ2n) is 4.44. The summed E-state index contributed by atoms with van der Waals surface area (Å²) in [6.45, 7) is 0.437. The lowest BCUT2D eigenvalue weighted by atomic mass is 10.2. The maximum atomic E-state index is 11.9. The maximum absolute atomic E-state index is 11.9. The van der Waals surface area contributed by atoms with Gasteiger partial charge in [-0.1, -0.05) is 29.5 Å². The molecule has 0 radical (unpaired) electrons. The number of carbonyl (C=O) groups excluding carboxylic acids is 1. The van der Waals surface area contributed by atoms with Crippen LogP contribution in [0.25, 0.3) is 0 Å². The number of nitrogens with one attached hydrogen (secondary N) is 1. The Morgan fingerprint density at radius 3 is 2.64 bits per heavy atom. The highest BCUT2D eigenvalue weighted by Crippen LogP contribution is 2.23. The first-order chi connectivity index (χ1) is 10.8. The van der Waals surface area contributed by atoms with Gasteiger partial charge in [0.15, 0.2) is 0 Å². The van der Waals surface area contributed by atoms with Gasteiger partial charge >= 0.3 is 0 Å². The first-order valence-electron chi connectivity index (χ1n) is 6.67. The predicted octanol–water partition coefficient (Wildman–Crippen LogP) is 3.26. The van der Waals surface area contributed by atoms with E-state index in [0.29, 0.717) is 17.4 Å². The van der Waals surface area contributed by atoms with Gasteiger partial charge < -0.3 is 10.1 Å². The van der Waals surface area contributed by atoms with Gasteiger partial charge in [0.1, 0.15) is 11.4 Å². The van der Waals surface area contributed by atoms with Gasteiger partial charge in [-0.3, -0.25) is 9.78 Å². The van der Waals surface area contributed by atoms with Crippen LogP contribution in [-0.2, 0) is 6.54 Å². The lowest BCUT2D eigenvalue weighted by molar-refractivity contribution is 0.0946. The predicted molar refractivity (Wildman–Crippen MR) is 84.0 cm³/mol. The molecule has 0 aliphatic carbocycles. The summed E-state index contributed by atoms with van der Waals surface area (Å²) in [4.78, 5) is 20.0. The van der Waals surface area contributed by atoms with Crippen LogP contribution in [0, 0.1) is 0 Å². The minimum absolute atomic E-state index is 0.191. The fourth-order valence-electron chi connectivity index (χ4n) is 1.81. The standard InChI is InChI=1S/C16H13N3O2S/c20-15(14-3-1-2-8-17-14)19-11-12-4-6-13(7-5-12)21-16-18-9-10-22-16/h1-10H,11H2,(H,19,20). The molecule has 1 N–H and O–H groups in total. The number of pyridine rings is 1. The average molecular weight is 311 g/mol. The molecule has 0 unspecified atom stereocenters. The minimum atomic E-state index is -0.191. The summed E-state index contributed by atoms with van der Waals surface area (Å²) in [7, 11) is 0. The lowest BCUT2D eigenvalue weighted by Gasteiger charge is -2.06. The molecule has 22 heavy (non-hydrogen) atoms. The number of thiazole rings is 1. The fourth-order valence-corrected chi connectivity index (χ4v) is 2.31. The summed E-state index contributed by atoms with van der Waals surface area (Å²) < 4.78 is 5.58. The first kappa shape index (κ1) is 14.2. The molecular formula is C16H13N3O2S. The number of aromatic nitrogens is 2. The van der Waals surface area contributed by atoms with Crippen LogP contribution in [0.3, 0.4) is 0 Å².